The summed E-state index contributed by atoms with van der Waals surface area (Å²) in [4.78, 5) is 5.60. The number of benzene rings is 7. The predicted molar refractivity (Wildman–Crippen MR) is 196 cm³/mol. The molecule has 46 heavy (non-hydrogen) atoms. The third-order valence-electron chi connectivity index (χ3n) is 9.90. The second kappa shape index (κ2) is 10.4. The lowest BCUT2D eigenvalue weighted by Crippen LogP contribution is -2.59. The minimum absolute atomic E-state index is 0.0874. The molecule has 0 aromatic heterocycles. The number of hydrogen-bond donors (Lipinski definition) is 0. The normalized spacial score (nSPS) is 13.8. The molecule has 214 valence electrons. The van der Waals surface area contributed by atoms with E-state index in [0.717, 1.165) is 0 Å². The van der Waals surface area contributed by atoms with E-state index in [1.807, 2.05) is 23.5 Å². The van der Waals surface area contributed by atoms with E-state index >= 15 is 0 Å². The molecule has 0 saturated carbocycles. The van der Waals surface area contributed by atoms with Crippen LogP contribution in [0.4, 0.5) is 0 Å². The molecule has 0 saturated heterocycles. The zero-order valence-corrected chi connectivity index (χ0v) is 26.6. The van der Waals surface area contributed by atoms with Crippen molar-refractivity contribution in [2.45, 2.75) is 25.5 Å². The quantitative estimate of drug-likeness (QED) is 0.180. The fourth-order valence-electron chi connectivity index (χ4n) is 8.03. The summed E-state index contributed by atoms with van der Waals surface area (Å²) in [6, 6.07) is 58.8. The highest BCUT2D eigenvalue weighted by molar-refractivity contribution is 8.00. The van der Waals surface area contributed by atoms with Crippen LogP contribution < -0.4 is 16.4 Å². The summed E-state index contributed by atoms with van der Waals surface area (Å²) < 4.78 is 0. The van der Waals surface area contributed by atoms with E-state index in [9.17, 15) is 0 Å². The molecule has 3 heteroatoms. The first-order chi connectivity index (χ1) is 22.8. The molecule has 0 amide bonds. The Morgan fingerprint density at radius 3 is 1.26 bits per heavy atom. The summed E-state index contributed by atoms with van der Waals surface area (Å²) in [7, 11) is 0. The second-order valence-corrected chi connectivity index (χ2v) is 14.5. The second-order valence-electron chi connectivity index (χ2n) is 12.3. The lowest BCUT2D eigenvalue weighted by Gasteiger charge is -2.42. The smallest absolute Gasteiger partial charge is 0.0894 e. The third kappa shape index (κ3) is 3.92. The maximum atomic E-state index is 2.44. The van der Waals surface area contributed by atoms with Gasteiger partial charge < -0.3 is 0 Å². The molecule has 10 rings (SSSR count). The molecule has 0 radical (unpaired) electrons. The van der Waals surface area contributed by atoms with E-state index < -0.39 is 0 Å². The predicted octanol–water partition coefficient (Wildman–Crippen LogP) is 9.63. The van der Waals surface area contributed by atoms with Gasteiger partial charge in [-0.25, -0.2) is 0 Å². The van der Waals surface area contributed by atoms with Gasteiger partial charge in [0.15, 0.2) is 0 Å². The van der Waals surface area contributed by atoms with Crippen molar-refractivity contribution in [3.05, 3.63) is 174 Å². The van der Waals surface area contributed by atoms with E-state index in [1.165, 1.54) is 86.0 Å². The van der Waals surface area contributed by atoms with Crippen molar-refractivity contribution < 1.29 is 0 Å². The van der Waals surface area contributed by atoms with Crippen molar-refractivity contribution in [1.29, 1.82) is 0 Å². The van der Waals surface area contributed by atoms with E-state index in [4.69, 9.17) is 0 Å². The molecule has 3 aliphatic heterocycles. The minimum atomic E-state index is 0.0874. The summed E-state index contributed by atoms with van der Waals surface area (Å²) in [6.45, 7) is 0.0874. The number of rotatable bonds is 4. The van der Waals surface area contributed by atoms with Crippen LogP contribution in [0.1, 0.15) is 22.6 Å². The van der Waals surface area contributed by atoms with E-state index in [-0.39, 0.29) is 12.6 Å². The fraction of sp³-hybridized carbons (Fsp3) is 0.0233. The van der Waals surface area contributed by atoms with E-state index in [2.05, 4.69) is 158 Å². The van der Waals surface area contributed by atoms with Crippen molar-refractivity contribution in [1.82, 2.24) is 0 Å². The highest BCUT2D eigenvalue weighted by Crippen LogP contribution is 2.57. The van der Waals surface area contributed by atoms with E-state index in [1.54, 1.807) is 0 Å². The molecule has 0 spiro atoms. The van der Waals surface area contributed by atoms with E-state index in [0.29, 0.717) is 0 Å². The third-order valence-corrected chi connectivity index (χ3v) is 12.2. The molecule has 0 nitrogen and oxygen atoms in total. The molecule has 0 fully saturated rings. The van der Waals surface area contributed by atoms with Gasteiger partial charge >= 0.3 is 0 Å². The largest absolute Gasteiger partial charge is 0.243 e. The van der Waals surface area contributed by atoms with Gasteiger partial charge in [0.25, 0.3) is 0 Å². The maximum Gasteiger partial charge on any atom is 0.243 e. The van der Waals surface area contributed by atoms with Crippen LogP contribution in [0.2, 0.25) is 0 Å². The Balaban J connectivity index is 1.34. The van der Waals surface area contributed by atoms with Crippen molar-refractivity contribution >= 4 is 46.6 Å². The molecule has 0 atom stereocenters. The first-order valence-corrected chi connectivity index (χ1v) is 17.6. The highest BCUT2D eigenvalue weighted by atomic mass is 32.2. The zero-order valence-electron chi connectivity index (χ0n) is 25.0. The lowest BCUT2D eigenvalue weighted by molar-refractivity contribution is 0.847. The van der Waals surface area contributed by atoms with Crippen LogP contribution in [0, 0.1) is 0 Å². The minimum Gasteiger partial charge on any atom is -0.0894 e. The highest BCUT2D eigenvalue weighted by Gasteiger charge is 2.45. The van der Waals surface area contributed by atoms with Gasteiger partial charge in [0.05, 0.1) is 0 Å². The van der Waals surface area contributed by atoms with Crippen molar-refractivity contribution in [3.63, 3.8) is 0 Å². The van der Waals surface area contributed by atoms with Crippen LogP contribution in [0.3, 0.4) is 0 Å². The summed E-state index contributed by atoms with van der Waals surface area (Å²) >= 11 is 3.91. The van der Waals surface area contributed by atoms with Crippen LogP contribution in [-0.4, -0.2) is 6.71 Å². The summed E-state index contributed by atoms with van der Waals surface area (Å²) in [6.07, 6.45) is 0. The fourth-order valence-corrected chi connectivity index (χ4v) is 10.5. The van der Waals surface area contributed by atoms with Crippen molar-refractivity contribution in [2.24, 2.45) is 0 Å². The molecule has 7 aromatic carbocycles. The molecule has 3 aliphatic rings. The summed E-state index contributed by atoms with van der Waals surface area (Å²) in [5, 5.41) is 0. The zero-order chi connectivity index (χ0) is 30.2. The van der Waals surface area contributed by atoms with Gasteiger partial charge in [0, 0.05) is 25.5 Å². The monoisotopic (exact) mass is 618 g/mol. The Bertz CT molecular complexity index is 2180. The van der Waals surface area contributed by atoms with Crippen LogP contribution in [-0.2, 0) is 0 Å². The number of hydrogen-bond acceptors (Lipinski definition) is 2. The topological polar surface area (TPSA) is 0 Å². The molecule has 0 aliphatic carbocycles. The SMILES string of the molecule is c1ccc(-c2cc(-c3ccccc3)c(B3c4cccc5c4C4c6c(cccc6Sc6cccc3c64)S5)c(-c3ccccc3)c2)cc1. The first kappa shape index (κ1) is 26.5. The molecule has 0 bridgehead atoms. The van der Waals surface area contributed by atoms with Crippen molar-refractivity contribution in [2.75, 3.05) is 0 Å². The molecule has 3 heterocycles. The standard InChI is InChI=1S/C43H27BS2/c1-4-13-27(14-5-1)30-25-31(28-15-6-2-7-16-28)43(32(26-30)29-17-8-3-9-18-29)44-33-19-10-21-35-39(33)42-40-34(44)20-11-22-36(40)46-38-24-12-23-37(45-35)41(38)42/h1-26,42H. The Labute approximate surface area is 278 Å². The van der Waals surface area contributed by atoms with Crippen LogP contribution >= 0.6 is 23.5 Å². The lowest BCUT2D eigenvalue weighted by atomic mass is 9.31. The Kier molecular flexibility index (Phi) is 6.01. The van der Waals surface area contributed by atoms with Gasteiger partial charge in [-0.15, -0.1) is 0 Å². The summed E-state index contributed by atoms with van der Waals surface area (Å²) in [5.74, 6) is 0.270. The van der Waals surface area contributed by atoms with Gasteiger partial charge in [-0.2, -0.15) is 0 Å². The Morgan fingerprint density at radius 1 is 0.370 bits per heavy atom. The van der Waals surface area contributed by atoms with Crippen molar-refractivity contribution in [3.8, 4) is 33.4 Å². The molecule has 7 aromatic rings. The van der Waals surface area contributed by atoms with Crippen LogP contribution in [0.5, 0.6) is 0 Å². The molecular formula is C43H27BS2. The van der Waals surface area contributed by atoms with Gasteiger partial charge in [-0.1, -0.05) is 161 Å². The average Bonchev–Trinajstić information content (AvgIpc) is 3.12. The average molecular weight is 619 g/mol. The van der Waals surface area contributed by atoms with Gasteiger partial charge in [0.1, 0.15) is 0 Å². The first-order valence-electron chi connectivity index (χ1n) is 15.9. The Hall–Kier alpha value is -4.70. The molecule has 0 unspecified atom stereocenters. The van der Waals surface area contributed by atoms with Crippen LogP contribution in [0.25, 0.3) is 33.4 Å². The van der Waals surface area contributed by atoms with Crippen LogP contribution in [0.15, 0.2) is 177 Å². The van der Waals surface area contributed by atoms with Gasteiger partial charge in [-0.05, 0) is 86.5 Å². The molecular weight excluding hydrogens is 591 g/mol. The summed E-state index contributed by atoms with van der Waals surface area (Å²) in [5.41, 5.74) is 16.3. The molecule has 0 N–H and O–H groups in total. The van der Waals surface area contributed by atoms with Gasteiger partial charge in [-0.3, -0.25) is 0 Å². The maximum absolute atomic E-state index is 2.44. The van der Waals surface area contributed by atoms with Gasteiger partial charge in [0.2, 0.25) is 6.71 Å². The Morgan fingerprint density at radius 2 is 0.783 bits per heavy atom.